The van der Waals surface area contributed by atoms with Crippen LogP contribution in [0.1, 0.15) is 41.8 Å². The molecule has 8 nitrogen and oxygen atoms in total. The number of aromatic carboxylic acids is 1. The number of hydrogen-bond acceptors (Lipinski definition) is 4. The molecular formula is C15H21N5O3. The molecule has 0 aliphatic carbocycles. The van der Waals surface area contributed by atoms with Crippen molar-refractivity contribution in [3.05, 3.63) is 35.4 Å². The minimum absolute atomic E-state index is 0.0830. The van der Waals surface area contributed by atoms with Crippen molar-refractivity contribution in [2.75, 3.05) is 0 Å². The molecule has 2 N–H and O–H groups in total. The Morgan fingerprint density at radius 3 is 2.52 bits per heavy atom. The maximum absolute atomic E-state index is 12.3. The van der Waals surface area contributed by atoms with Crippen LogP contribution in [0.2, 0.25) is 0 Å². The summed E-state index contributed by atoms with van der Waals surface area (Å²) >= 11 is 0. The highest BCUT2D eigenvalue weighted by Gasteiger charge is 2.19. The van der Waals surface area contributed by atoms with Gasteiger partial charge >= 0.3 is 5.97 Å². The zero-order valence-corrected chi connectivity index (χ0v) is 13.6. The minimum atomic E-state index is -1.12. The summed E-state index contributed by atoms with van der Waals surface area (Å²) < 4.78 is 3.19. The molecule has 2 rings (SSSR count). The first kappa shape index (κ1) is 16.7. The van der Waals surface area contributed by atoms with Crippen molar-refractivity contribution in [2.45, 2.75) is 46.3 Å². The van der Waals surface area contributed by atoms with Gasteiger partial charge in [0.2, 0.25) is 5.91 Å². The second kappa shape index (κ2) is 6.64. The third-order valence-electron chi connectivity index (χ3n) is 3.54. The number of rotatable bonds is 6. The Balaban J connectivity index is 1.97. The summed E-state index contributed by atoms with van der Waals surface area (Å²) in [4.78, 5) is 23.1. The van der Waals surface area contributed by atoms with Crippen molar-refractivity contribution < 1.29 is 14.7 Å². The molecule has 2 atom stereocenters. The molecule has 0 aromatic carbocycles. The van der Waals surface area contributed by atoms with E-state index in [2.05, 4.69) is 15.5 Å². The third kappa shape index (κ3) is 3.97. The van der Waals surface area contributed by atoms with E-state index in [1.807, 2.05) is 31.5 Å². The van der Waals surface area contributed by atoms with Crippen LogP contribution in [0.3, 0.4) is 0 Å². The van der Waals surface area contributed by atoms with Crippen LogP contribution in [0.25, 0.3) is 0 Å². The maximum atomic E-state index is 12.3. The first-order chi connectivity index (χ1) is 10.8. The molecule has 0 spiro atoms. The number of carboxylic acids is 1. The summed E-state index contributed by atoms with van der Waals surface area (Å²) in [7, 11) is 0. The van der Waals surface area contributed by atoms with Crippen LogP contribution in [-0.4, -0.2) is 42.6 Å². The van der Waals surface area contributed by atoms with Crippen molar-refractivity contribution in [3.63, 3.8) is 0 Å². The molecule has 2 aromatic rings. The van der Waals surface area contributed by atoms with Crippen LogP contribution in [0.4, 0.5) is 0 Å². The van der Waals surface area contributed by atoms with Gasteiger partial charge in [-0.25, -0.2) is 4.79 Å². The zero-order valence-electron chi connectivity index (χ0n) is 13.6. The summed E-state index contributed by atoms with van der Waals surface area (Å²) in [6.07, 6.45) is 1.49. The average molecular weight is 319 g/mol. The summed E-state index contributed by atoms with van der Waals surface area (Å²) in [5, 5.41) is 20.0. The van der Waals surface area contributed by atoms with Gasteiger partial charge in [0.15, 0.2) is 5.69 Å². The van der Waals surface area contributed by atoms with Gasteiger partial charge in [-0.3, -0.25) is 14.2 Å². The maximum Gasteiger partial charge on any atom is 0.356 e. The average Bonchev–Trinajstić information content (AvgIpc) is 3.05. The molecule has 0 fully saturated rings. The molecule has 0 aliphatic heterocycles. The molecule has 0 radical (unpaired) electrons. The molecule has 2 aromatic heterocycles. The van der Waals surface area contributed by atoms with Crippen LogP contribution in [0, 0.1) is 13.8 Å². The number of amides is 1. The molecule has 2 unspecified atom stereocenters. The van der Waals surface area contributed by atoms with Crippen LogP contribution in [0.15, 0.2) is 18.3 Å². The topological polar surface area (TPSA) is 102 Å². The number of hydrogen-bond donors (Lipinski definition) is 2. The van der Waals surface area contributed by atoms with Gasteiger partial charge in [-0.05, 0) is 39.8 Å². The lowest BCUT2D eigenvalue weighted by Gasteiger charge is -2.18. The van der Waals surface area contributed by atoms with Gasteiger partial charge in [-0.2, -0.15) is 10.2 Å². The Hall–Kier alpha value is -2.64. The van der Waals surface area contributed by atoms with E-state index in [1.165, 1.54) is 16.9 Å². The number of carboxylic acid groups (broad SMARTS) is 1. The van der Waals surface area contributed by atoms with E-state index in [9.17, 15) is 9.59 Å². The van der Waals surface area contributed by atoms with Crippen LogP contribution < -0.4 is 5.32 Å². The van der Waals surface area contributed by atoms with Crippen molar-refractivity contribution in [1.82, 2.24) is 24.9 Å². The van der Waals surface area contributed by atoms with Crippen molar-refractivity contribution in [3.8, 4) is 0 Å². The molecule has 23 heavy (non-hydrogen) atoms. The van der Waals surface area contributed by atoms with Gasteiger partial charge in [0.05, 0.1) is 12.2 Å². The quantitative estimate of drug-likeness (QED) is 0.832. The second-order valence-corrected chi connectivity index (χ2v) is 5.68. The normalized spacial score (nSPS) is 13.6. The SMILES string of the molecule is Cc1cc(C)n(CC(C)NC(=O)C(C)n2ccc(C(=O)O)n2)n1. The first-order valence-electron chi connectivity index (χ1n) is 7.37. The Labute approximate surface area is 134 Å². The van der Waals surface area contributed by atoms with Gasteiger partial charge in [0, 0.05) is 17.9 Å². The third-order valence-corrected chi connectivity index (χ3v) is 3.54. The predicted molar refractivity (Wildman–Crippen MR) is 83.2 cm³/mol. The summed E-state index contributed by atoms with van der Waals surface area (Å²) in [6, 6.07) is 2.64. The van der Waals surface area contributed by atoms with Gasteiger partial charge in [0.1, 0.15) is 6.04 Å². The number of aromatic nitrogens is 4. The van der Waals surface area contributed by atoms with E-state index >= 15 is 0 Å². The first-order valence-corrected chi connectivity index (χ1v) is 7.37. The Morgan fingerprint density at radius 2 is 2.00 bits per heavy atom. The summed E-state index contributed by atoms with van der Waals surface area (Å²) in [5.41, 5.74) is 1.89. The molecule has 2 heterocycles. The molecular weight excluding hydrogens is 298 g/mol. The number of nitrogens with one attached hydrogen (secondary N) is 1. The van der Waals surface area contributed by atoms with Gasteiger partial charge in [-0.15, -0.1) is 0 Å². The lowest BCUT2D eigenvalue weighted by Crippen LogP contribution is -2.40. The van der Waals surface area contributed by atoms with Crippen LogP contribution >= 0.6 is 0 Å². The molecule has 8 heteroatoms. The molecule has 124 valence electrons. The standard InChI is InChI=1S/C15H21N5O3/c1-9-7-11(3)20(17-9)8-10(2)16-14(21)12(4)19-6-5-13(18-19)15(22)23/h5-7,10,12H,8H2,1-4H3,(H,16,21)(H,22,23). The van der Waals surface area contributed by atoms with Gasteiger partial charge in [0.25, 0.3) is 0 Å². The van der Waals surface area contributed by atoms with E-state index < -0.39 is 12.0 Å². The molecule has 0 saturated carbocycles. The lowest BCUT2D eigenvalue weighted by molar-refractivity contribution is -0.124. The van der Waals surface area contributed by atoms with Gasteiger partial charge < -0.3 is 10.4 Å². The Morgan fingerprint density at radius 1 is 1.30 bits per heavy atom. The van der Waals surface area contributed by atoms with Crippen molar-refractivity contribution in [2.24, 2.45) is 0 Å². The predicted octanol–water partition coefficient (Wildman–Crippen LogP) is 1.16. The number of carbonyl (C=O) groups excluding carboxylic acids is 1. The molecule has 0 bridgehead atoms. The lowest BCUT2D eigenvalue weighted by atomic mass is 10.2. The van der Waals surface area contributed by atoms with Gasteiger partial charge in [-0.1, -0.05) is 0 Å². The monoisotopic (exact) mass is 319 g/mol. The zero-order chi connectivity index (χ0) is 17.1. The molecule has 1 amide bonds. The highest BCUT2D eigenvalue weighted by Crippen LogP contribution is 2.08. The second-order valence-electron chi connectivity index (χ2n) is 5.68. The Bertz CT molecular complexity index is 719. The van der Waals surface area contributed by atoms with E-state index in [-0.39, 0.29) is 17.6 Å². The molecule has 0 aliphatic rings. The summed E-state index contributed by atoms with van der Waals surface area (Å²) in [6.45, 7) is 8.02. The number of nitrogens with zero attached hydrogens (tertiary/aromatic N) is 4. The van der Waals surface area contributed by atoms with E-state index in [0.717, 1.165) is 11.4 Å². The van der Waals surface area contributed by atoms with E-state index in [0.29, 0.717) is 6.54 Å². The van der Waals surface area contributed by atoms with Crippen molar-refractivity contribution in [1.29, 1.82) is 0 Å². The number of aryl methyl sites for hydroxylation is 2. The molecule has 0 saturated heterocycles. The summed E-state index contributed by atoms with van der Waals surface area (Å²) in [5.74, 6) is -1.34. The smallest absolute Gasteiger partial charge is 0.356 e. The fourth-order valence-electron chi connectivity index (χ4n) is 2.32. The number of carbonyl (C=O) groups is 2. The van der Waals surface area contributed by atoms with E-state index in [4.69, 9.17) is 5.11 Å². The fourth-order valence-corrected chi connectivity index (χ4v) is 2.32. The van der Waals surface area contributed by atoms with Crippen LogP contribution in [-0.2, 0) is 11.3 Å². The largest absolute Gasteiger partial charge is 0.476 e. The highest BCUT2D eigenvalue weighted by molar-refractivity contribution is 5.85. The van der Waals surface area contributed by atoms with Crippen LogP contribution in [0.5, 0.6) is 0 Å². The van der Waals surface area contributed by atoms with E-state index in [1.54, 1.807) is 6.92 Å². The fraction of sp³-hybridized carbons (Fsp3) is 0.467. The highest BCUT2D eigenvalue weighted by atomic mass is 16.4. The Kier molecular flexibility index (Phi) is 4.83. The minimum Gasteiger partial charge on any atom is -0.476 e. The van der Waals surface area contributed by atoms with Crippen molar-refractivity contribution >= 4 is 11.9 Å².